The number of piperazine rings is 1. The fourth-order valence-corrected chi connectivity index (χ4v) is 4.71. The van der Waals surface area contributed by atoms with Gasteiger partial charge in [-0.05, 0) is 42.3 Å². The summed E-state index contributed by atoms with van der Waals surface area (Å²) < 4.78 is 10.8. The number of carbonyl (C=O) groups excluding carboxylic acids is 2. The molecule has 8 nitrogen and oxygen atoms in total. The van der Waals surface area contributed by atoms with Crippen LogP contribution in [0.25, 0.3) is 0 Å². The molecule has 1 aromatic heterocycles. The molecule has 0 N–H and O–H groups in total. The number of aryl methyl sites for hydroxylation is 1. The third-order valence-corrected chi connectivity index (χ3v) is 6.74. The van der Waals surface area contributed by atoms with E-state index in [1.54, 1.807) is 29.2 Å². The number of carbonyl (C=O) groups is 2. The Balaban J connectivity index is 1.27. The number of furan rings is 1. The van der Waals surface area contributed by atoms with Crippen LogP contribution in [0.1, 0.15) is 39.9 Å². The first-order valence-corrected chi connectivity index (χ1v) is 12.2. The van der Waals surface area contributed by atoms with Crippen molar-refractivity contribution in [2.75, 3.05) is 39.8 Å². The zero-order valence-electron chi connectivity index (χ0n) is 20.6. The molecule has 1 fully saturated rings. The second-order valence-corrected chi connectivity index (χ2v) is 9.12. The number of methoxy groups -OCH3 is 1. The van der Waals surface area contributed by atoms with Crippen molar-refractivity contribution in [3.63, 3.8) is 0 Å². The van der Waals surface area contributed by atoms with Gasteiger partial charge in [-0.1, -0.05) is 42.5 Å². The first-order valence-electron chi connectivity index (χ1n) is 12.2. The summed E-state index contributed by atoms with van der Waals surface area (Å²) in [4.78, 5) is 30.0. The minimum Gasteiger partial charge on any atom is -0.497 e. The van der Waals surface area contributed by atoms with Crippen molar-refractivity contribution in [2.45, 2.75) is 19.4 Å². The highest BCUT2D eigenvalue weighted by atomic mass is 16.5. The quantitative estimate of drug-likeness (QED) is 0.531. The van der Waals surface area contributed by atoms with Gasteiger partial charge in [-0.2, -0.15) is 5.10 Å². The molecule has 8 heteroatoms. The van der Waals surface area contributed by atoms with Crippen LogP contribution >= 0.6 is 0 Å². The van der Waals surface area contributed by atoms with Crippen LogP contribution in [0.5, 0.6) is 5.75 Å². The summed E-state index contributed by atoms with van der Waals surface area (Å²) in [7, 11) is 1.64. The van der Waals surface area contributed by atoms with Gasteiger partial charge >= 0.3 is 0 Å². The molecular formula is C28H30N4O4. The van der Waals surface area contributed by atoms with E-state index in [0.29, 0.717) is 38.4 Å². The molecule has 0 bridgehead atoms. The van der Waals surface area contributed by atoms with E-state index in [-0.39, 0.29) is 24.4 Å². The maximum Gasteiger partial charge on any atom is 0.289 e. The number of hydrazone groups is 1. The van der Waals surface area contributed by atoms with Crippen molar-refractivity contribution in [2.24, 2.45) is 5.10 Å². The van der Waals surface area contributed by atoms with E-state index in [4.69, 9.17) is 14.3 Å². The van der Waals surface area contributed by atoms with E-state index in [1.165, 1.54) is 0 Å². The lowest BCUT2D eigenvalue weighted by molar-refractivity contribution is -0.134. The maximum absolute atomic E-state index is 13.5. The summed E-state index contributed by atoms with van der Waals surface area (Å²) in [6.45, 7) is 4.41. The Morgan fingerprint density at radius 1 is 0.972 bits per heavy atom. The molecule has 1 atom stereocenters. The van der Waals surface area contributed by atoms with Crippen molar-refractivity contribution in [3.05, 3.63) is 89.4 Å². The van der Waals surface area contributed by atoms with Crippen molar-refractivity contribution < 1.29 is 18.7 Å². The van der Waals surface area contributed by atoms with Gasteiger partial charge in [0.2, 0.25) is 0 Å². The van der Waals surface area contributed by atoms with Crippen LogP contribution in [-0.4, -0.2) is 72.2 Å². The van der Waals surface area contributed by atoms with Crippen molar-refractivity contribution in [1.29, 1.82) is 0 Å². The van der Waals surface area contributed by atoms with Gasteiger partial charge in [0.15, 0.2) is 5.76 Å². The van der Waals surface area contributed by atoms with Crippen LogP contribution in [0.2, 0.25) is 0 Å². The molecular weight excluding hydrogens is 456 g/mol. The molecule has 0 radical (unpaired) electrons. The van der Waals surface area contributed by atoms with Crippen LogP contribution in [-0.2, 0) is 4.79 Å². The normalized spacial score (nSPS) is 18.3. The molecule has 1 saturated heterocycles. The van der Waals surface area contributed by atoms with E-state index in [2.05, 4.69) is 4.90 Å². The first-order chi connectivity index (χ1) is 17.5. The number of hydrogen-bond donors (Lipinski definition) is 0. The molecule has 1 unspecified atom stereocenters. The van der Waals surface area contributed by atoms with Crippen molar-refractivity contribution >= 4 is 17.5 Å². The van der Waals surface area contributed by atoms with Crippen LogP contribution in [0.15, 0.2) is 76.2 Å². The summed E-state index contributed by atoms with van der Waals surface area (Å²) in [5.41, 5.74) is 2.93. The number of rotatable bonds is 6. The minimum atomic E-state index is -0.177. The summed E-state index contributed by atoms with van der Waals surface area (Å²) >= 11 is 0. The molecule has 0 aliphatic carbocycles. The third-order valence-electron chi connectivity index (χ3n) is 6.74. The van der Waals surface area contributed by atoms with E-state index in [0.717, 1.165) is 28.3 Å². The minimum absolute atomic E-state index is 0.0526. The first kappa shape index (κ1) is 23.8. The Morgan fingerprint density at radius 2 is 1.69 bits per heavy atom. The highest BCUT2D eigenvalue weighted by Gasteiger charge is 2.34. The van der Waals surface area contributed by atoms with Gasteiger partial charge in [0.1, 0.15) is 11.5 Å². The lowest BCUT2D eigenvalue weighted by Crippen LogP contribution is -2.51. The number of amides is 2. The SMILES string of the molecule is COc1ccc(C2CC(c3ccccc3)=NN2C(=O)CN2CCN(C(=O)c3ccc(C)o3)CC2)cc1. The Hall–Kier alpha value is -3.91. The smallest absolute Gasteiger partial charge is 0.289 e. The lowest BCUT2D eigenvalue weighted by Gasteiger charge is -2.34. The van der Waals surface area contributed by atoms with Gasteiger partial charge in [0.25, 0.3) is 11.8 Å². The van der Waals surface area contributed by atoms with E-state index < -0.39 is 0 Å². The summed E-state index contributed by atoms with van der Waals surface area (Å²) in [5.74, 6) is 1.69. The average molecular weight is 487 g/mol. The molecule has 2 aliphatic rings. The molecule has 2 amide bonds. The molecule has 186 valence electrons. The standard InChI is InChI=1S/C28H30N4O4/c1-20-8-13-26(36-20)28(34)31-16-14-30(15-17-31)19-27(33)32-25(22-9-11-23(35-2)12-10-22)18-24(29-32)21-6-4-3-5-7-21/h3-13,25H,14-19H2,1-2H3. The van der Waals surface area contributed by atoms with Crippen molar-refractivity contribution in [3.8, 4) is 5.75 Å². The molecule has 36 heavy (non-hydrogen) atoms. The molecule has 0 spiro atoms. The molecule has 2 aliphatic heterocycles. The number of nitrogens with zero attached hydrogens (tertiary/aromatic N) is 4. The summed E-state index contributed by atoms with van der Waals surface area (Å²) in [6, 6.07) is 21.1. The Labute approximate surface area is 210 Å². The fraction of sp³-hybridized carbons (Fsp3) is 0.321. The Morgan fingerprint density at radius 3 is 2.33 bits per heavy atom. The Kier molecular flexibility index (Phi) is 6.86. The lowest BCUT2D eigenvalue weighted by atomic mass is 9.98. The third kappa shape index (κ3) is 5.04. The van der Waals surface area contributed by atoms with Crippen LogP contribution in [0, 0.1) is 6.92 Å². The zero-order valence-corrected chi connectivity index (χ0v) is 20.6. The molecule has 2 aromatic carbocycles. The highest BCUT2D eigenvalue weighted by Crippen LogP contribution is 2.33. The van der Waals surface area contributed by atoms with E-state index >= 15 is 0 Å². The van der Waals surface area contributed by atoms with E-state index in [1.807, 2.05) is 61.5 Å². The molecule has 3 heterocycles. The van der Waals surface area contributed by atoms with Gasteiger partial charge in [-0.25, -0.2) is 5.01 Å². The largest absolute Gasteiger partial charge is 0.497 e. The second-order valence-electron chi connectivity index (χ2n) is 9.12. The second kappa shape index (κ2) is 10.4. The highest BCUT2D eigenvalue weighted by molar-refractivity contribution is 6.03. The van der Waals surface area contributed by atoms with Crippen LogP contribution in [0.3, 0.4) is 0 Å². The van der Waals surface area contributed by atoms with Gasteiger partial charge in [0, 0.05) is 32.6 Å². The van der Waals surface area contributed by atoms with Gasteiger partial charge in [-0.15, -0.1) is 0 Å². The van der Waals surface area contributed by atoms with Gasteiger partial charge in [0.05, 0.1) is 25.4 Å². The van der Waals surface area contributed by atoms with Gasteiger partial charge < -0.3 is 14.1 Å². The van der Waals surface area contributed by atoms with Crippen molar-refractivity contribution in [1.82, 2.24) is 14.8 Å². The van der Waals surface area contributed by atoms with Crippen LogP contribution in [0.4, 0.5) is 0 Å². The molecule has 0 saturated carbocycles. The topological polar surface area (TPSA) is 78.6 Å². The zero-order chi connectivity index (χ0) is 25.1. The molecule has 3 aromatic rings. The molecule has 5 rings (SSSR count). The van der Waals surface area contributed by atoms with E-state index in [9.17, 15) is 9.59 Å². The maximum atomic E-state index is 13.5. The predicted molar refractivity (Wildman–Crippen MR) is 136 cm³/mol. The van der Waals surface area contributed by atoms with Crippen LogP contribution < -0.4 is 4.74 Å². The summed E-state index contributed by atoms with van der Waals surface area (Å²) in [6.07, 6.45) is 0.646. The monoisotopic (exact) mass is 486 g/mol. The van der Waals surface area contributed by atoms with Gasteiger partial charge in [-0.3, -0.25) is 14.5 Å². The predicted octanol–water partition coefficient (Wildman–Crippen LogP) is 3.73. The fourth-order valence-electron chi connectivity index (χ4n) is 4.71. The number of hydrogen-bond acceptors (Lipinski definition) is 6. The Bertz CT molecular complexity index is 1240. The number of ether oxygens (including phenoxy) is 1. The summed E-state index contributed by atoms with van der Waals surface area (Å²) in [5, 5.41) is 6.41. The number of benzene rings is 2. The average Bonchev–Trinajstić information content (AvgIpc) is 3.56.